The van der Waals surface area contributed by atoms with Gasteiger partial charge in [-0.3, -0.25) is 4.79 Å². The molecule has 0 bridgehead atoms. The highest BCUT2D eigenvalue weighted by atomic mass is 32.2. The SMILES string of the molecule is C[C@H](Sc1nnc(-c2cccs2)n1N)C(=O)N1CCCc2ccccc21. The average Bonchev–Trinajstić information content (AvgIpc) is 3.31. The van der Waals surface area contributed by atoms with E-state index < -0.39 is 0 Å². The van der Waals surface area contributed by atoms with E-state index >= 15 is 0 Å². The van der Waals surface area contributed by atoms with Crippen LogP contribution >= 0.6 is 23.1 Å². The second kappa shape index (κ2) is 7.13. The summed E-state index contributed by atoms with van der Waals surface area (Å²) < 4.78 is 1.46. The van der Waals surface area contributed by atoms with E-state index in [1.165, 1.54) is 22.0 Å². The molecule has 0 aliphatic carbocycles. The van der Waals surface area contributed by atoms with Gasteiger partial charge in [-0.25, -0.2) is 4.68 Å². The van der Waals surface area contributed by atoms with Crippen molar-refractivity contribution in [2.45, 2.75) is 30.2 Å². The lowest BCUT2D eigenvalue weighted by Crippen LogP contribution is -2.40. The summed E-state index contributed by atoms with van der Waals surface area (Å²) >= 11 is 2.90. The van der Waals surface area contributed by atoms with Gasteiger partial charge in [0.15, 0.2) is 5.82 Å². The summed E-state index contributed by atoms with van der Waals surface area (Å²) in [5.74, 6) is 6.84. The monoisotopic (exact) mass is 385 g/mol. The van der Waals surface area contributed by atoms with Crippen LogP contribution < -0.4 is 10.7 Å². The fraction of sp³-hybridized carbons (Fsp3) is 0.278. The van der Waals surface area contributed by atoms with Gasteiger partial charge in [-0.1, -0.05) is 36.0 Å². The third-order valence-electron chi connectivity index (χ3n) is 4.41. The zero-order valence-corrected chi connectivity index (χ0v) is 16.0. The Balaban J connectivity index is 1.53. The van der Waals surface area contributed by atoms with E-state index in [1.54, 1.807) is 11.3 Å². The first kappa shape index (κ1) is 17.1. The van der Waals surface area contributed by atoms with E-state index in [9.17, 15) is 4.79 Å². The quantitative estimate of drug-likeness (QED) is 0.551. The zero-order valence-electron chi connectivity index (χ0n) is 14.3. The maximum absolute atomic E-state index is 13.0. The summed E-state index contributed by atoms with van der Waals surface area (Å²) in [7, 11) is 0. The number of hydrogen-bond acceptors (Lipinski definition) is 6. The number of rotatable bonds is 4. The van der Waals surface area contributed by atoms with Gasteiger partial charge in [0.1, 0.15) is 0 Å². The smallest absolute Gasteiger partial charge is 0.240 e. The van der Waals surface area contributed by atoms with Gasteiger partial charge in [0.25, 0.3) is 0 Å². The number of benzene rings is 1. The van der Waals surface area contributed by atoms with Crippen molar-refractivity contribution in [3.8, 4) is 10.7 Å². The Labute approximate surface area is 160 Å². The molecule has 1 aliphatic rings. The fourth-order valence-electron chi connectivity index (χ4n) is 3.12. The van der Waals surface area contributed by atoms with Crippen LogP contribution in [0.1, 0.15) is 18.9 Å². The largest absolute Gasteiger partial charge is 0.335 e. The molecule has 0 saturated carbocycles. The van der Waals surface area contributed by atoms with Crippen LogP contribution in [0.3, 0.4) is 0 Å². The Morgan fingerprint density at radius 1 is 1.27 bits per heavy atom. The lowest BCUT2D eigenvalue weighted by molar-refractivity contribution is -0.117. The number of thiophene rings is 1. The molecule has 134 valence electrons. The van der Waals surface area contributed by atoms with Crippen molar-refractivity contribution in [2.24, 2.45) is 0 Å². The van der Waals surface area contributed by atoms with Crippen molar-refractivity contribution in [3.05, 3.63) is 47.3 Å². The van der Waals surface area contributed by atoms with Gasteiger partial charge in [-0.15, -0.1) is 21.5 Å². The minimum absolute atomic E-state index is 0.0721. The van der Waals surface area contributed by atoms with Crippen LogP contribution in [0.4, 0.5) is 5.69 Å². The molecule has 4 rings (SSSR count). The van der Waals surface area contributed by atoms with Crippen LogP contribution in [-0.2, 0) is 11.2 Å². The lowest BCUT2D eigenvalue weighted by Gasteiger charge is -2.31. The molecule has 1 atom stereocenters. The number of fused-ring (bicyclic) bond motifs is 1. The first-order valence-corrected chi connectivity index (χ1v) is 10.2. The molecule has 3 aromatic rings. The molecule has 0 radical (unpaired) electrons. The molecule has 8 heteroatoms. The highest BCUT2D eigenvalue weighted by molar-refractivity contribution is 8.00. The van der Waals surface area contributed by atoms with E-state index in [-0.39, 0.29) is 11.2 Å². The summed E-state index contributed by atoms with van der Waals surface area (Å²) in [5, 5.41) is 10.6. The number of anilines is 1. The summed E-state index contributed by atoms with van der Waals surface area (Å²) in [6.07, 6.45) is 2.00. The molecule has 6 nitrogen and oxygen atoms in total. The Morgan fingerprint density at radius 2 is 2.12 bits per heavy atom. The number of aryl methyl sites for hydroxylation is 1. The van der Waals surface area contributed by atoms with Gasteiger partial charge >= 0.3 is 0 Å². The molecule has 1 aromatic carbocycles. The minimum Gasteiger partial charge on any atom is -0.335 e. The number of thioether (sulfide) groups is 1. The summed E-state index contributed by atoms with van der Waals surface area (Å²) in [4.78, 5) is 15.9. The van der Waals surface area contributed by atoms with Crippen LogP contribution in [0.15, 0.2) is 46.9 Å². The van der Waals surface area contributed by atoms with E-state index in [1.807, 2.05) is 47.5 Å². The van der Waals surface area contributed by atoms with Crippen LogP contribution in [0, 0.1) is 0 Å². The van der Waals surface area contributed by atoms with Crippen molar-refractivity contribution in [3.63, 3.8) is 0 Å². The van der Waals surface area contributed by atoms with Crippen molar-refractivity contribution in [2.75, 3.05) is 17.3 Å². The number of carbonyl (C=O) groups excluding carboxylic acids is 1. The molecule has 0 unspecified atom stereocenters. The van der Waals surface area contributed by atoms with Crippen LogP contribution in [0.25, 0.3) is 10.7 Å². The second-order valence-electron chi connectivity index (χ2n) is 6.14. The molecule has 0 fully saturated rings. The number of carbonyl (C=O) groups is 1. The molecule has 2 N–H and O–H groups in total. The Hall–Kier alpha value is -2.32. The predicted octanol–water partition coefficient (Wildman–Crippen LogP) is 3.18. The van der Waals surface area contributed by atoms with E-state index in [2.05, 4.69) is 16.3 Å². The molecule has 3 heterocycles. The van der Waals surface area contributed by atoms with Gasteiger partial charge in [-0.2, -0.15) is 0 Å². The normalized spacial score (nSPS) is 14.9. The number of nitrogens with zero attached hydrogens (tertiary/aromatic N) is 4. The molecule has 1 aliphatic heterocycles. The van der Waals surface area contributed by atoms with Crippen molar-refractivity contribution in [1.29, 1.82) is 0 Å². The molecule has 26 heavy (non-hydrogen) atoms. The second-order valence-corrected chi connectivity index (χ2v) is 8.39. The van der Waals surface area contributed by atoms with E-state index in [4.69, 9.17) is 5.84 Å². The standard InChI is InChI=1S/C18H19N5OS2/c1-12(17(24)22-10-4-7-13-6-2-3-8-14(13)22)26-18-21-20-16(23(18)19)15-9-5-11-25-15/h2-3,5-6,8-9,11-12H,4,7,10,19H2,1H3/t12-/m0/s1. The number of hydrogen-bond donors (Lipinski definition) is 1. The highest BCUT2D eigenvalue weighted by Gasteiger charge is 2.28. The predicted molar refractivity (Wildman–Crippen MR) is 106 cm³/mol. The summed E-state index contributed by atoms with van der Waals surface area (Å²) in [6.45, 7) is 2.64. The molecule has 2 aromatic heterocycles. The number of amides is 1. The van der Waals surface area contributed by atoms with Gasteiger partial charge in [-0.05, 0) is 42.8 Å². The van der Waals surface area contributed by atoms with E-state index in [0.717, 1.165) is 30.0 Å². The first-order valence-electron chi connectivity index (χ1n) is 8.45. The molecular formula is C18H19N5OS2. The van der Waals surface area contributed by atoms with Gasteiger partial charge < -0.3 is 10.7 Å². The van der Waals surface area contributed by atoms with Gasteiger partial charge in [0.2, 0.25) is 11.1 Å². The van der Waals surface area contributed by atoms with Crippen LogP contribution in [0.2, 0.25) is 0 Å². The highest BCUT2D eigenvalue weighted by Crippen LogP contribution is 2.31. The first-order chi connectivity index (χ1) is 12.6. The van der Waals surface area contributed by atoms with E-state index in [0.29, 0.717) is 11.0 Å². The third-order valence-corrected chi connectivity index (χ3v) is 6.32. The Bertz CT molecular complexity index is 922. The number of para-hydroxylation sites is 1. The summed E-state index contributed by atoms with van der Waals surface area (Å²) in [6, 6.07) is 12.0. The maximum Gasteiger partial charge on any atom is 0.240 e. The molecule has 1 amide bonds. The number of nitrogen functional groups attached to an aromatic ring is 1. The summed E-state index contributed by atoms with van der Waals surface area (Å²) in [5.41, 5.74) is 2.25. The molecule has 0 saturated heterocycles. The number of aromatic nitrogens is 3. The Kier molecular flexibility index (Phi) is 4.69. The van der Waals surface area contributed by atoms with Gasteiger partial charge in [0.05, 0.1) is 10.1 Å². The molecular weight excluding hydrogens is 366 g/mol. The minimum atomic E-state index is -0.302. The van der Waals surface area contributed by atoms with Crippen molar-refractivity contribution < 1.29 is 4.79 Å². The van der Waals surface area contributed by atoms with Crippen LogP contribution in [0.5, 0.6) is 0 Å². The maximum atomic E-state index is 13.0. The van der Waals surface area contributed by atoms with Gasteiger partial charge in [0, 0.05) is 12.2 Å². The van der Waals surface area contributed by atoms with Crippen molar-refractivity contribution >= 4 is 34.7 Å². The lowest BCUT2D eigenvalue weighted by atomic mass is 10.0. The topological polar surface area (TPSA) is 77.0 Å². The average molecular weight is 386 g/mol. The zero-order chi connectivity index (χ0) is 18.1. The van der Waals surface area contributed by atoms with Crippen molar-refractivity contribution in [1.82, 2.24) is 14.9 Å². The fourth-order valence-corrected chi connectivity index (χ4v) is 4.66. The third kappa shape index (κ3) is 3.10. The van der Waals surface area contributed by atoms with Crippen LogP contribution in [-0.4, -0.2) is 32.6 Å². The Morgan fingerprint density at radius 3 is 2.92 bits per heavy atom. The molecule has 0 spiro atoms. The number of nitrogens with two attached hydrogens (primary N) is 1.